The Bertz CT molecular complexity index is 1060. The van der Waals surface area contributed by atoms with Gasteiger partial charge in [-0.1, -0.05) is 45.0 Å². The van der Waals surface area contributed by atoms with Crippen LogP contribution in [0.5, 0.6) is 5.88 Å². The minimum atomic E-state index is 0.162. The van der Waals surface area contributed by atoms with E-state index in [1.54, 1.807) is 0 Å². The van der Waals surface area contributed by atoms with E-state index in [1.807, 2.05) is 6.07 Å². The molecule has 0 radical (unpaired) electrons. The SMILES string of the molecule is Cc1cccc(C)c1-c1cc2nc(n1)NSc1cccc(c1)NC(CC(C)(C)C)CO2. The van der Waals surface area contributed by atoms with Crippen LogP contribution in [0.3, 0.4) is 0 Å². The summed E-state index contributed by atoms with van der Waals surface area (Å²) in [5.41, 5.74) is 5.63. The molecule has 0 spiro atoms. The Morgan fingerprint density at radius 2 is 1.77 bits per heavy atom. The molecule has 0 saturated carbocycles. The van der Waals surface area contributed by atoms with E-state index in [0.717, 1.165) is 28.3 Å². The van der Waals surface area contributed by atoms with E-state index in [0.29, 0.717) is 18.4 Å². The maximum Gasteiger partial charge on any atom is 0.237 e. The first kappa shape index (κ1) is 21.5. The van der Waals surface area contributed by atoms with Crippen LogP contribution in [0.15, 0.2) is 53.4 Å². The molecule has 1 unspecified atom stereocenters. The summed E-state index contributed by atoms with van der Waals surface area (Å²) in [5.74, 6) is 1.13. The number of aryl methyl sites for hydroxylation is 2. The number of rotatable bonds is 2. The van der Waals surface area contributed by atoms with Crippen molar-refractivity contribution in [2.24, 2.45) is 5.41 Å². The molecule has 2 N–H and O–H groups in total. The summed E-state index contributed by atoms with van der Waals surface area (Å²) in [6.45, 7) is 11.5. The Morgan fingerprint density at radius 1 is 1.03 bits per heavy atom. The van der Waals surface area contributed by atoms with Crippen LogP contribution in [-0.4, -0.2) is 22.6 Å². The van der Waals surface area contributed by atoms with E-state index < -0.39 is 0 Å². The van der Waals surface area contributed by atoms with Gasteiger partial charge in [-0.2, -0.15) is 4.98 Å². The van der Waals surface area contributed by atoms with Crippen molar-refractivity contribution in [3.8, 4) is 17.1 Å². The third kappa shape index (κ3) is 5.50. The molecule has 1 aliphatic heterocycles. The van der Waals surface area contributed by atoms with Crippen molar-refractivity contribution in [2.45, 2.75) is 52.0 Å². The molecule has 1 atom stereocenters. The monoisotopic (exact) mass is 434 g/mol. The molecule has 162 valence electrons. The van der Waals surface area contributed by atoms with Gasteiger partial charge in [0.05, 0.1) is 11.7 Å². The van der Waals surface area contributed by atoms with Gasteiger partial charge in [-0.3, -0.25) is 4.72 Å². The molecule has 3 aromatic rings. The number of nitrogens with one attached hydrogen (secondary N) is 2. The van der Waals surface area contributed by atoms with Crippen molar-refractivity contribution in [1.82, 2.24) is 9.97 Å². The molecule has 1 aromatic heterocycles. The average Bonchev–Trinajstić information content (AvgIpc) is 2.69. The number of hydrogen-bond donors (Lipinski definition) is 2. The Kier molecular flexibility index (Phi) is 6.10. The van der Waals surface area contributed by atoms with Gasteiger partial charge in [-0.25, -0.2) is 4.98 Å². The third-order valence-electron chi connectivity index (χ3n) is 5.20. The number of aromatic nitrogens is 2. The molecule has 2 heterocycles. The standard InChI is InChI=1S/C25H30N4OS/c1-16-8-6-9-17(2)23(16)21-13-22-28-24(27-21)29-31-20-11-7-10-18(12-20)26-19(15-30-22)14-25(3,4)5/h6-13,19,26H,14-15H2,1-5H3,(H,27,28,29). The number of fused-ring (bicyclic) bond motifs is 4. The van der Waals surface area contributed by atoms with Gasteiger partial charge >= 0.3 is 0 Å². The van der Waals surface area contributed by atoms with E-state index in [1.165, 1.54) is 23.1 Å². The first-order chi connectivity index (χ1) is 14.8. The summed E-state index contributed by atoms with van der Waals surface area (Å²) in [5, 5.41) is 3.66. The highest BCUT2D eigenvalue weighted by molar-refractivity contribution is 8.00. The molecule has 6 heteroatoms. The minimum Gasteiger partial charge on any atom is -0.475 e. The Hall–Kier alpha value is -2.73. The van der Waals surface area contributed by atoms with E-state index in [9.17, 15) is 0 Å². The lowest BCUT2D eigenvalue weighted by Gasteiger charge is -2.28. The Labute approximate surface area is 189 Å². The van der Waals surface area contributed by atoms with Gasteiger partial charge in [-0.05, 0) is 67.0 Å². The fourth-order valence-corrected chi connectivity index (χ4v) is 4.59. The van der Waals surface area contributed by atoms with Crippen molar-refractivity contribution in [2.75, 3.05) is 16.6 Å². The van der Waals surface area contributed by atoms with Gasteiger partial charge in [-0.15, -0.1) is 0 Å². The van der Waals surface area contributed by atoms with Gasteiger partial charge in [0.15, 0.2) is 0 Å². The number of anilines is 2. The molecule has 5 nitrogen and oxygen atoms in total. The van der Waals surface area contributed by atoms with Crippen molar-refractivity contribution >= 4 is 23.6 Å². The molecule has 0 fully saturated rings. The lowest BCUT2D eigenvalue weighted by atomic mass is 9.88. The predicted molar refractivity (Wildman–Crippen MR) is 130 cm³/mol. The van der Waals surface area contributed by atoms with Crippen LogP contribution in [0.2, 0.25) is 0 Å². The van der Waals surface area contributed by atoms with E-state index in [4.69, 9.17) is 9.72 Å². The summed E-state index contributed by atoms with van der Waals surface area (Å²) in [4.78, 5) is 10.5. The zero-order valence-corrected chi connectivity index (χ0v) is 19.6. The van der Waals surface area contributed by atoms with E-state index >= 15 is 0 Å². The lowest BCUT2D eigenvalue weighted by Crippen LogP contribution is -2.31. The smallest absolute Gasteiger partial charge is 0.237 e. The second kappa shape index (κ2) is 8.79. The van der Waals surface area contributed by atoms with Crippen LogP contribution in [0.1, 0.15) is 38.3 Å². The van der Waals surface area contributed by atoms with Gasteiger partial charge in [0.1, 0.15) is 6.61 Å². The molecular weight excluding hydrogens is 404 g/mol. The zero-order chi connectivity index (χ0) is 22.0. The second-order valence-corrected chi connectivity index (χ2v) is 10.2. The summed E-state index contributed by atoms with van der Waals surface area (Å²) in [6, 6.07) is 16.8. The molecule has 4 rings (SSSR count). The van der Waals surface area contributed by atoms with Crippen molar-refractivity contribution in [1.29, 1.82) is 0 Å². The van der Waals surface area contributed by atoms with Crippen molar-refractivity contribution in [3.63, 3.8) is 0 Å². The predicted octanol–water partition coefficient (Wildman–Crippen LogP) is 6.49. The number of benzene rings is 2. The highest BCUT2D eigenvalue weighted by Gasteiger charge is 2.21. The Balaban J connectivity index is 1.74. The van der Waals surface area contributed by atoms with E-state index in [2.05, 4.69) is 92.1 Å². The van der Waals surface area contributed by atoms with Gasteiger partial charge < -0.3 is 10.1 Å². The summed E-state index contributed by atoms with van der Waals surface area (Å²) in [7, 11) is 0. The first-order valence-electron chi connectivity index (χ1n) is 10.6. The Morgan fingerprint density at radius 3 is 2.52 bits per heavy atom. The second-order valence-electron chi connectivity index (χ2n) is 9.33. The largest absolute Gasteiger partial charge is 0.475 e. The number of hydrogen-bond acceptors (Lipinski definition) is 6. The molecular formula is C25H30N4OS. The summed E-state index contributed by atoms with van der Waals surface area (Å²) < 4.78 is 9.52. The first-order valence-corrected chi connectivity index (χ1v) is 11.5. The van der Waals surface area contributed by atoms with Crippen LogP contribution in [0.25, 0.3) is 11.3 Å². The van der Waals surface area contributed by atoms with Crippen LogP contribution in [0, 0.1) is 19.3 Å². The summed E-state index contributed by atoms with van der Waals surface area (Å²) in [6.07, 6.45) is 0.977. The van der Waals surface area contributed by atoms with Gasteiger partial charge in [0.2, 0.25) is 11.8 Å². The average molecular weight is 435 g/mol. The highest BCUT2D eigenvalue weighted by Crippen LogP contribution is 2.31. The van der Waals surface area contributed by atoms with Crippen molar-refractivity contribution < 1.29 is 4.74 Å². The van der Waals surface area contributed by atoms with Crippen LogP contribution < -0.4 is 14.8 Å². The van der Waals surface area contributed by atoms with Gasteiger partial charge in [0.25, 0.3) is 0 Å². The fourth-order valence-electron chi connectivity index (χ4n) is 3.96. The fraction of sp³-hybridized carbons (Fsp3) is 0.360. The van der Waals surface area contributed by atoms with Crippen LogP contribution >= 0.6 is 11.9 Å². The minimum absolute atomic E-state index is 0.162. The molecule has 2 aromatic carbocycles. The molecule has 31 heavy (non-hydrogen) atoms. The number of ether oxygens (including phenoxy) is 1. The summed E-state index contributed by atoms with van der Waals surface area (Å²) >= 11 is 1.50. The lowest BCUT2D eigenvalue weighted by molar-refractivity contribution is 0.244. The molecule has 1 aliphatic rings. The zero-order valence-electron chi connectivity index (χ0n) is 18.8. The van der Waals surface area contributed by atoms with Crippen molar-refractivity contribution in [3.05, 3.63) is 59.7 Å². The van der Waals surface area contributed by atoms with E-state index in [-0.39, 0.29) is 11.5 Å². The molecule has 4 bridgehead atoms. The molecule has 0 amide bonds. The molecule has 0 aliphatic carbocycles. The molecule has 0 saturated heterocycles. The maximum absolute atomic E-state index is 6.23. The third-order valence-corrected chi connectivity index (χ3v) is 5.97. The maximum atomic E-state index is 6.23. The quantitative estimate of drug-likeness (QED) is 0.450. The highest BCUT2D eigenvalue weighted by atomic mass is 32.2. The van der Waals surface area contributed by atoms with Gasteiger partial charge in [0, 0.05) is 22.2 Å². The van der Waals surface area contributed by atoms with Crippen LogP contribution in [-0.2, 0) is 0 Å². The normalized spacial score (nSPS) is 16.2. The van der Waals surface area contributed by atoms with Crippen LogP contribution in [0.4, 0.5) is 11.6 Å². The topological polar surface area (TPSA) is 59.1 Å². The number of nitrogens with zero attached hydrogens (tertiary/aromatic N) is 2.